The fourth-order valence-electron chi connectivity index (χ4n) is 2.29. The van der Waals surface area contributed by atoms with E-state index in [-0.39, 0.29) is 16.5 Å². The number of nitrogens with one attached hydrogen (secondary N) is 2. The summed E-state index contributed by atoms with van der Waals surface area (Å²) in [5.41, 5.74) is 1.16. The van der Waals surface area contributed by atoms with E-state index in [1.807, 2.05) is 0 Å². The number of carbonyl (C=O) groups excluding carboxylic acids is 1. The predicted octanol–water partition coefficient (Wildman–Crippen LogP) is 5.05. The predicted molar refractivity (Wildman–Crippen MR) is 108 cm³/mol. The third-order valence-electron chi connectivity index (χ3n) is 3.60. The molecule has 0 spiro atoms. The molecule has 0 heterocycles. The molecule has 8 heteroatoms. The van der Waals surface area contributed by atoms with Crippen molar-refractivity contribution in [2.75, 3.05) is 10.0 Å². The summed E-state index contributed by atoms with van der Waals surface area (Å²) in [6.45, 7) is 0. The second kappa shape index (κ2) is 8.00. The molecule has 0 aliphatic heterocycles. The smallest absolute Gasteiger partial charge is 0.261 e. The minimum atomic E-state index is -3.79. The number of sulfonamides is 1. The molecule has 2 N–H and O–H groups in total. The number of benzene rings is 3. The summed E-state index contributed by atoms with van der Waals surface area (Å²) >= 11 is 11.6. The van der Waals surface area contributed by atoms with Gasteiger partial charge in [-0.2, -0.15) is 0 Å². The minimum absolute atomic E-state index is 0.0721. The van der Waals surface area contributed by atoms with Crippen LogP contribution in [0.25, 0.3) is 0 Å². The average Bonchev–Trinajstić information content (AvgIpc) is 2.64. The molecular formula is C19H14Cl2N2O3S. The second-order valence-corrected chi connectivity index (χ2v) is 8.16. The van der Waals surface area contributed by atoms with Gasteiger partial charge in [0.1, 0.15) is 0 Å². The summed E-state index contributed by atoms with van der Waals surface area (Å²) in [4.78, 5) is 12.5. The van der Waals surface area contributed by atoms with Crippen LogP contribution in [0.1, 0.15) is 10.4 Å². The van der Waals surface area contributed by atoms with Crippen molar-refractivity contribution in [2.45, 2.75) is 4.90 Å². The Kier molecular flexibility index (Phi) is 5.70. The molecule has 0 fully saturated rings. The maximum atomic E-state index is 12.4. The Morgan fingerprint density at radius 1 is 0.778 bits per heavy atom. The number of hydrogen-bond donors (Lipinski definition) is 2. The lowest BCUT2D eigenvalue weighted by Crippen LogP contribution is -2.15. The molecule has 3 aromatic rings. The molecule has 1 amide bonds. The molecular weight excluding hydrogens is 407 g/mol. The van der Waals surface area contributed by atoms with E-state index >= 15 is 0 Å². The van der Waals surface area contributed by atoms with E-state index < -0.39 is 10.0 Å². The molecule has 0 aromatic heterocycles. The van der Waals surface area contributed by atoms with Crippen molar-refractivity contribution in [3.05, 3.63) is 88.4 Å². The van der Waals surface area contributed by atoms with Crippen molar-refractivity contribution >= 4 is 50.5 Å². The zero-order chi connectivity index (χ0) is 19.4. The Labute approximate surface area is 167 Å². The first kappa shape index (κ1) is 19.2. The highest BCUT2D eigenvalue weighted by molar-refractivity contribution is 7.92. The number of hydrogen-bond acceptors (Lipinski definition) is 3. The van der Waals surface area contributed by atoms with Crippen molar-refractivity contribution < 1.29 is 13.2 Å². The van der Waals surface area contributed by atoms with Crippen LogP contribution in [0.4, 0.5) is 11.4 Å². The van der Waals surface area contributed by atoms with E-state index in [9.17, 15) is 13.2 Å². The largest absolute Gasteiger partial charge is 0.322 e. The Morgan fingerprint density at radius 2 is 1.37 bits per heavy atom. The number of carbonyl (C=O) groups is 1. The molecule has 5 nitrogen and oxygen atoms in total. The maximum absolute atomic E-state index is 12.4. The Balaban J connectivity index is 1.77. The number of anilines is 2. The number of rotatable bonds is 5. The normalized spacial score (nSPS) is 11.0. The van der Waals surface area contributed by atoms with E-state index in [1.54, 1.807) is 42.5 Å². The SMILES string of the molecule is O=C(Nc1ccc(Cl)cc1)c1cccc(NS(=O)(=O)c2ccc(Cl)cc2)c1. The van der Waals surface area contributed by atoms with Crippen LogP contribution in [0.3, 0.4) is 0 Å². The van der Waals surface area contributed by atoms with Crippen molar-refractivity contribution in [1.29, 1.82) is 0 Å². The number of amides is 1. The Hall–Kier alpha value is -2.54. The summed E-state index contributed by atoms with van der Waals surface area (Å²) < 4.78 is 27.4. The van der Waals surface area contributed by atoms with E-state index in [0.29, 0.717) is 21.3 Å². The summed E-state index contributed by atoms with van der Waals surface area (Å²) in [5.74, 6) is -0.370. The molecule has 0 saturated heterocycles. The first-order chi connectivity index (χ1) is 12.8. The van der Waals surface area contributed by atoms with Gasteiger partial charge in [-0.15, -0.1) is 0 Å². The van der Waals surface area contributed by atoms with E-state index in [0.717, 1.165) is 0 Å². The van der Waals surface area contributed by atoms with Crippen LogP contribution in [0, 0.1) is 0 Å². The molecule has 0 bridgehead atoms. The van der Waals surface area contributed by atoms with Gasteiger partial charge in [-0.1, -0.05) is 29.3 Å². The van der Waals surface area contributed by atoms with Crippen molar-refractivity contribution in [1.82, 2.24) is 0 Å². The van der Waals surface area contributed by atoms with Crippen LogP contribution in [0.2, 0.25) is 10.0 Å². The van der Waals surface area contributed by atoms with Crippen LogP contribution in [0.5, 0.6) is 0 Å². The Morgan fingerprint density at radius 3 is 2.00 bits per heavy atom. The van der Waals surface area contributed by atoms with Crippen molar-refractivity contribution in [3.8, 4) is 0 Å². The maximum Gasteiger partial charge on any atom is 0.261 e. The molecule has 0 unspecified atom stereocenters. The van der Waals surface area contributed by atoms with E-state index in [2.05, 4.69) is 10.0 Å². The van der Waals surface area contributed by atoms with Gasteiger partial charge in [0.15, 0.2) is 0 Å². The van der Waals surface area contributed by atoms with Gasteiger partial charge in [-0.05, 0) is 66.7 Å². The van der Waals surface area contributed by atoms with Crippen molar-refractivity contribution in [2.24, 2.45) is 0 Å². The van der Waals surface area contributed by atoms with Crippen LogP contribution >= 0.6 is 23.2 Å². The third-order valence-corrected chi connectivity index (χ3v) is 5.50. The fraction of sp³-hybridized carbons (Fsp3) is 0. The lowest BCUT2D eigenvalue weighted by Gasteiger charge is -2.10. The van der Waals surface area contributed by atoms with Gasteiger partial charge in [-0.25, -0.2) is 8.42 Å². The molecule has 27 heavy (non-hydrogen) atoms. The van der Waals surface area contributed by atoms with Crippen LogP contribution in [-0.2, 0) is 10.0 Å². The zero-order valence-corrected chi connectivity index (χ0v) is 16.1. The standard InChI is InChI=1S/C19H14Cl2N2O3S/c20-14-4-8-16(9-5-14)22-19(24)13-2-1-3-17(12-13)23-27(25,26)18-10-6-15(21)7-11-18/h1-12,23H,(H,22,24). The molecule has 0 radical (unpaired) electrons. The van der Waals surface area contributed by atoms with Gasteiger partial charge >= 0.3 is 0 Å². The molecule has 138 valence electrons. The Bertz CT molecular complexity index is 1070. The minimum Gasteiger partial charge on any atom is -0.322 e. The van der Waals surface area contributed by atoms with Gasteiger partial charge in [0, 0.05) is 27.0 Å². The van der Waals surface area contributed by atoms with Crippen molar-refractivity contribution in [3.63, 3.8) is 0 Å². The highest BCUT2D eigenvalue weighted by Crippen LogP contribution is 2.20. The van der Waals surface area contributed by atoms with E-state index in [1.165, 1.54) is 30.3 Å². The molecule has 0 aliphatic rings. The fourth-order valence-corrected chi connectivity index (χ4v) is 3.59. The molecule has 3 rings (SSSR count). The van der Waals surface area contributed by atoms with Crippen LogP contribution < -0.4 is 10.0 Å². The van der Waals surface area contributed by atoms with Gasteiger partial charge < -0.3 is 5.32 Å². The van der Waals surface area contributed by atoms with Gasteiger partial charge in [0.25, 0.3) is 15.9 Å². The highest BCUT2D eigenvalue weighted by atomic mass is 35.5. The summed E-state index contributed by atoms with van der Waals surface area (Å²) in [5, 5.41) is 3.73. The highest BCUT2D eigenvalue weighted by Gasteiger charge is 2.15. The summed E-state index contributed by atoms with van der Waals surface area (Å²) in [6.07, 6.45) is 0. The molecule has 0 saturated carbocycles. The monoisotopic (exact) mass is 420 g/mol. The van der Waals surface area contributed by atoms with E-state index in [4.69, 9.17) is 23.2 Å². The lowest BCUT2D eigenvalue weighted by atomic mass is 10.2. The lowest BCUT2D eigenvalue weighted by molar-refractivity contribution is 0.102. The van der Waals surface area contributed by atoms with Crippen LogP contribution in [-0.4, -0.2) is 14.3 Å². The van der Waals surface area contributed by atoms with Gasteiger partial charge in [0.2, 0.25) is 0 Å². The summed E-state index contributed by atoms with van der Waals surface area (Å²) in [7, 11) is -3.79. The molecule has 0 aliphatic carbocycles. The third kappa shape index (κ3) is 5.01. The molecule has 0 atom stereocenters. The van der Waals surface area contributed by atoms with Gasteiger partial charge in [-0.3, -0.25) is 9.52 Å². The number of halogens is 2. The quantitative estimate of drug-likeness (QED) is 0.606. The first-order valence-electron chi connectivity index (χ1n) is 7.79. The summed E-state index contributed by atoms with van der Waals surface area (Å²) in [6, 6.07) is 18.7. The average molecular weight is 421 g/mol. The van der Waals surface area contributed by atoms with Gasteiger partial charge in [0.05, 0.1) is 4.90 Å². The molecule has 3 aromatic carbocycles. The van der Waals surface area contributed by atoms with Crippen LogP contribution in [0.15, 0.2) is 77.7 Å². The zero-order valence-electron chi connectivity index (χ0n) is 13.8. The second-order valence-electron chi connectivity index (χ2n) is 5.60. The first-order valence-corrected chi connectivity index (χ1v) is 10.0. The topological polar surface area (TPSA) is 75.3 Å².